The Hall–Kier alpha value is -1.22. The maximum absolute atomic E-state index is 10.6. The molecule has 0 aromatic heterocycles. The van der Waals surface area contributed by atoms with E-state index in [2.05, 4.69) is 0 Å². The second-order valence-electron chi connectivity index (χ2n) is 4.14. The molecular weight excluding hydrogens is 240 g/mol. The highest BCUT2D eigenvalue weighted by Crippen LogP contribution is 2.44. The van der Waals surface area contributed by atoms with Crippen LogP contribution in [0.5, 0.6) is 11.5 Å². The fourth-order valence-corrected chi connectivity index (χ4v) is 2.64. The van der Waals surface area contributed by atoms with Crippen LogP contribution in [0.2, 0.25) is 5.02 Å². The summed E-state index contributed by atoms with van der Waals surface area (Å²) in [6.45, 7) is 4.28. The van der Waals surface area contributed by atoms with Crippen molar-refractivity contribution in [3.63, 3.8) is 0 Å². The van der Waals surface area contributed by atoms with Crippen molar-refractivity contribution >= 4 is 17.9 Å². The molecule has 1 aliphatic rings. The number of rotatable bonds is 4. The van der Waals surface area contributed by atoms with Gasteiger partial charge in [0.2, 0.25) is 6.79 Å². The Bertz CT molecular complexity index is 443. The summed E-state index contributed by atoms with van der Waals surface area (Å²) in [5.74, 6) is 1.59. The van der Waals surface area contributed by atoms with Crippen LogP contribution in [0.15, 0.2) is 6.07 Å². The summed E-state index contributed by atoms with van der Waals surface area (Å²) >= 11 is 6.27. The molecule has 3 nitrogen and oxygen atoms in total. The summed E-state index contributed by atoms with van der Waals surface area (Å²) in [6.07, 6.45) is 2.20. The van der Waals surface area contributed by atoms with Gasteiger partial charge in [-0.25, -0.2) is 0 Å². The third kappa shape index (κ3) is 2.12. The van der Waals surface area contributed by atoms with E-state index in [-0.39, 0.29) is 12.7 Å². The van der Waals surface area contributed by atoms with Crippen molar-refractivity contribution in [2.45, 2.75) is 32.6 Å². The summed E-state index contributed by atoms with van der Waals surface area (Å²) in [7, 11) is 0. The van der Waals surface area contributed by atoms with E-state index in [1.54, 1.807) is 6.07 Å². The zero-order valence-electron chi connectivity index (χ0n) is 9.96. The van der Waals surface area contributed by atoms with Gasteiger partial charge < -0.3 is 14.3 Å². The first-order chi connectivity index (χ1) is 8.19. The molecule has 0 radical (unpaired) electrons. The number of halogens is 1. The predicted molar refractivity (Wildman–Crippen MR) is 66.0 cm³/mol. The lowest BCUT2D eigenvalue weighted by Crippen LogP contribution is -2.02. The van der Waals surface area contributed by atoms with Gasteiger partial charge >= 0.3 is 0 Å². The Morgan fingerprint density at radius 3 is 2.94 bits per heavy atom. The molecule has 1 unspecified atom stereocenters. The highest BCUT2D eigenvalue weighted by Gasteiger charge is 2.25. The quantitative estimate of drug-likeness (QED) is 0.774. The van der Waals surface area contributed by atoms with Crippen LogP contribution in [0.3, 0.4) is 0 Å². The molecule has 0 fully saturated rings. The molecule has 1 atom stereocenters. The van der Waals surface area contributed by atoms with Crippen molar-refractivity contribution in [2.24, 2.45) is 0 Å². The summed E-state index contributed by atoms with van der Waals surface area (Å²) in [6, 6.07) is 1.78. The zero-order chi connectivity index (χ0) is 12.4. The summed E-state index contributed by atoms with van der Waals surface area (Å²) < 4.78 is 10.8. The Kier molecular flexibility index (Phi) is 3.57. The van der Waals surface area contributed by atoms with Gasteiger partial charge in [-0.05, 0) is 17.9 Å². The molecule has 2 rings (SSSR count). The zero-order valence-corrected chi connectivity index (χ0v) is 10.7. The molecule has 0 bridgehead atoms. The summed E-state index contributed by atoms with van der Waals surface area (Å²) in [5, 5.41) is 0.653. The van der Waals surface area contributed by atoms with E-state index >= 15 is 0 Å². The lowest BCUT2D eigenvalue weighted by atomic mass is 9.91. The highest BCUT2D eigenvalue weighted by atomic mass is 35.5. The molecular formula is C13H15ClO3. The van der Waals surface area contributed by atoms with Crippen LogP contribution in [0, 0.1) is 0 Å². The Morgan fingerprint density at radius 1 is 1.53 bits per heavy atom. The first kappa shape index (κ1) is 12.2. The summed E-state index contributed by atoms with van der Waals surface area (Å²) in [5.41, 5.74) is 2.06. The van der Waals surface area contributed by atoms with Crippen LogP contribution < -0.4 is 9.47 Å². The number of ether oxygens (including phenoxy) is 2. The molecule has 0 amide bonds. The van der Waals surface area contributed by atoms with Gasteiger partial charge in [0, 0.05) is 23.1 Å². The van der Waals surface area contributed by atoms with Gasteiger partial charge in [-0.2, -0.15) is 0 Å². The van der Waals surface area contributed by atoms with Crippen LogP contribution >= 0.6 is 11.6 Å². The largest absolute Gasteiger partial charge is 0.454 e. The standard InChI is InChI=1S/C13H15ClO3/c1-3-9-12(8(2)4-5-15)10(14)6-11-13(9)17-7-16-11/h5-6,8H,3-4,7H2,1-2H3. The second-order valence-corrected chi connectivity index (χ2v) is 4.55. The smallest absolute Gasteiger partial charge is 0.231 e. The van der Waals surface area contributed by atoms with Crippen LogP contribution in [0.4, 0.5) is 0 Å². The fourth-order valence-electron chi connectivity index (χ4n) is 2.24. The topological polar surface area (TPSA) is 35.5 Å². The van der Waals surface area contributed by atoms with Gasteiger partial charge in [0.05, 0.1) is 0 Å². The second kappa shape index (κ2) is 4.96. The van der Waals surface area contributed by atoms with Gasteiger partial charge in [0.15, 0.2) is 11.5 Å². The van der Waals surface area contributed by atoms with E-state index in [1.165, 1.54) is 0 Å². The lowest BCUT2D eigenvalue weighted by molar-refractivity contribution is -0.108. The Balaban J connectivity index is 2.53. The number of benzene rings is 1. The first-order valence-electron chi connectivity index (χ1n) is 5.73. The number of aldehydes is 1. The monoisotopic (exact) mass is 254 g/mol. The maximum Gasteiger partial charge on any atom is 0.231 e. The van der Waals surface area contributed by atoms with Gasteiger partial charge in [-0.3, -0.25) is 0 Å². The van der Waals surface area contributed by atoms with Crippen LogP contribution in [0.1, 0.15) is 37.3 Å². The molecule has 0 N–H and O–H groups in total. The van der Waals surface area contributed by atoms with E-state index in [0.717, 1.165) is 29.6 Å². The van der Waals surface area contributed by atoms with Crippen LogP contribution in [0.25, 0.3) is 0 Å². The fraction of sp³-hybridized carbons (Fsp3) is 0.462. The number of hydrogen-bond donors (Lipinski definition) is 0. The van der Waals surface area contributed by atoms with E-state index in [0.29, 0.717) is 17.2 Å². The minimum atomic E-state index is 0.101. The van der Waals surface area contributed by atoms with Gasteiger partial charge in [0.1, 0.15) is 6.29 Å². The molecule has 0 saturated heterocycles. The molecule has 4 heteroatoms. The van der Waals surface area contributed by atoms with Crippen molar-refractivity contribution in [2.75, 3.05) is 6.79 Å². The minimum Gasteiger partial charge on any atom is -0.454 e. The number of carbonyl (C=O) groups excluding carboxylic acids is 1. The lowest BCUT2D eigenvalue weighted by Gasteiger charge is -2.17. The van der Waals surface area contributed by atoms with Gasteiger partial charge in [-0.15, -0.1) is 0 Å². The van der Waals surface area contributed by atoms with E-state index in [9.17, 15) is 4.79 Å². The third-order valence-electron chi connectivity index (χ3n) is 3.05. The molecule has 0 spiro atoms. The van der Waals surface area contributed by atoms with Crippen molar-refractivity contribution < 1.29 is 14.3 Å². The average Bonchev–Trinajstić information content (AvgIpc) is 2.74. The van der Waals surface area contributed by atoms with Crippen molar-refractivity contribution in [3.8, 4) is 11.5 Å². The number of fused-ring (bicyclic) bond motifs is 1. The molecule has 0 aliphatic carbocycles. The molecule has 1 aliphatic heterocycles. The third-order valence-corrected chi connectivity index (χ3v) is 3.36. The van der Waals surface area contributed by atoms with E-state index in [4.69, 9.17) is 21.1 Å². The average molecular weight is 255 g/mol. The Labute approximate surface area is 106 Å². The van der Waals surface area contributed by atoms with Crippen LogP contribution in [-0.2, 0) is 11.2 Å². The van der Waals surface area contributed by atoms with Crippen molar-refractivity contribution in [3.05, 3.63) is 22.2 Å². The molecule has 1 aromatic rings. The van der Waals surface area contributed by atoms with E-state index < -0.39 is 0 Å². The first-order valence-corrected chi connectivity index (χ1v) is 6.11. The van der Waals surface area contributed by atoms with Gasteiger partial charge in [0.25, 0.3) is 0 Å². The van der Waals surface area contributed by atoms with Crippen molar-refractivity contribution in [1.82, 2.24) is 0 Å². The molecule has 1 aromatic carbocycles. The van der Waals surface area contributed by atoms with Gasteiger partial charge in [-0.1, -0.05) is 25.4 Å². The summed E-state index contributed by atoms with van der Waals surface area (Å²) in [4.78, 5) is 10.6. The molecule has 17 heavy (non-hydrogen) atoms. The molecule has 92 valence electrons. The maximum atomic E-state index is 10.6. The highest BCUT2D eigenvalue weighted by molar-refractivity contribution is 6.31. The van der Waals surface area contributed by atoms with E-state index in [1.807, 2.05) is 13.8 Å². The normalized spacial score (nSPS) is 14.8. The van der Waals surface area contributed by atoms with Crippen LogP contribution in [-0.4, -0.2) is 13.1 Å². The number of hydrogen-bond acceptors (Lipinski definition) is 3. The molecule has 1 heterocycles. The predicted octanol–water partition coefficient (Wildman–Crippen LogP) is 3.32. The Morgan fingerprint density at radius 2 is 2.29 bits per heavy atom. The molecule has 0 saturated carbocycles. The number of carbonyl (C=O) groups is 1. The minimum absolute atomic E-state index is 0.101. The van der Waals surface area contributed by atoms with Crippen molar-refractivity contribution in [1.29, 1.82) is 0 Å². The SMILES string of the molecule is CCc1c2c(cc(Cl)c1C(C)CC=O)OCO2.